The lowest BCUT2D eigenvalue weighted by molar-refractivity contribution is -0.119. The zero-order chi connectivity index (χ0) is 16.8. The molecule has 0 bridgehead atoms. The quantitative estimate of drug-likeness (QED) is 0.622. The molecule has 7 heteroatoms. The number of amides is 1. The van der Waals surface area contributed by atoms with Gasteiger partial charge in [-0.05, 0) is 42.7 Å². The van der Waals surface area contributed by atoms with Crippen molar-refractivity contribution >= 4 is 52.5 Å². The molecule has 0 saturated heterocycles. The van der Waals surface area contributed by atoms with E-state index in [4.69, 9.17) is 27.9 Å². The van der Waals surface area contributed by atoms with Gasteiger partial charge in [0, 0.05) is 15.6 Å². The average molecular weight is 370 g/mol. The van der Waals surface area contributed by atoms with Gasteiger partial charge in [0.15, 0.2) is 6.61 Å². The second kappa shape index (κ2) is 8.24. The van der Waals surface area contributed by atoms with E-state index in [1.165, 1.54) is 12.1 Å². The topological polar surface area (TPSA) is 55.4 Å². The molecule has 23 heavy (non-hydrogen) atoms. The van der Waals surface area contributed by atoms with Gasteiger partial charge in [0.1, 0.15) is 0 Å². The number of hydrogen-bond acceptors (Lipinski definition) is 4. The zero-order valence-corrected chi connectivity index (χ0v) is 14.5. The molecule has 0 fully saturated rings. The van der Waals surface area contributed by atoms with E-state index in [-0.39, 0.29) is 10.6 Å². The lowest BCUT2D eigenvalue weighted by atomic mass is 10.2. The molecule has 1 N–H and O–H groups in total. The number of thioether (sulfide) groups is 1. The predicted molar refractivity (Wildman–Crippen MR) is 93.6 cm³/mol. The smallest absolute Gasteiger partial charge is 0.340 e. The van der Waals surface area contributed by atoms with Crippen molar-refractivity contribution in [3.8, 4) is 0 Å². The summed E-state index contributed by atoms with van der Waals surface area (Å²) in [6.07, 6.45) is 1.94. The van der Waals surface area contributed by atoms with Crippen LogP contribution in [0.4, 0.5) is 5.69 Å². The van der Waals surface area contributed by atoms with Gasteiger partial charge in [-0.3, -0.25) is 4.79 Å². The second-order valence-corrected chi connectivity index (χ2v) is 6.20. The lowest BCUT2D eigenvalue weighted by Crippen LogP contribution is -2.21. The summed E-state index contributed by atoms with van der Waals surface area (Å²) >= 11 is 13.3. The molecule has 0 aliphatic carbocycles. The van der Waals surface area contributed by atoms with E-state index in [0.717, 1.165) is 4.90 Å². The zero-order valence-electron chi connectivity index (χ0n) is 12.1. The first-order valence-corrected chi connectivity index (χ1v) is 8.54. The number of carbonyl (C=O) groups is 2. The fraction of sp³-hybridized carbons (Fsp3) is 0.125. The van der Waals surface area contributed by atoms with Gasteiger partial charge in [-0.2, -0.15) is 0 Å². The van der Waals surface area contributed by atoms with Crippen LogP contribution < -0.4 is 5.32 Å². The van der Waals surface area contributed by atoms with E-state index < -0.39 is 18.5 Å². The number of nitrogens with one attached hydrogen (secondary N) is 1. The summed E-state index contributed by atoms with van der Waals surface area (Å²) in [6, 6.07) is 11.8. The van der Waals surface area contributed by atoms with Gasteiger partial charge >= 0.3 is 5.97 Å². The van der Waals surface area contributed by atoms with Crippen LogP contribution in [0.25, 0.3) is 0 Å². The molecule has 0 spiro atoms. The maximum Gasteiger partial charge on any atom is 0.340 e. The van der Waals surface area contributed by atoms with Gasteiger partial charge in [-0.15, -0.1) is 11.8 Å². The Morgan fingerprint density at radius 2 is 1.96 bits per heavy atom. The maximum atomic E-state index is 11.9. The number of rotatable bonds is 5. The van der Waals surface area contributed by atoms with Crippen molar-refractivity contribution in [2.24, 2.45) is 0 Å². The third-order valence-corrected chi connectivity index (χ3v) is 4.13. The first kappa shape index (κ1) is 17.7. The summed E-state index contributed by atoms with van der Waals surface area (Å²) in [5.41, 5.74) is 0.759. The first-order chi connectivity index (χ1) is 11.0. The second-order valence-electron chi connectivity index (χ2n) is 4.48. The molecular formula is C16H13Cl2NO3S. The van der Waals surface area contributed by atoms with Crippen LogP contribution in [-0.4, -0.2) is 24.7 Å². The summed E-state index contributed by atoms with van der Waals surface area (Å²) in [4.78, 5) is 24.8. The third-order valence-electron chi connectivity index (χ3n) is 2.84. The summed E-state index contributed by atoms with van der Waals surface area (Å²) < 4.78 is 4.96. The molecule has 120 valence electrons. The van der Waals surface area contributed by atoms with Crippen molar-refractivity contribution in [2.45, 2.75) is 4.90 Å². The molecular weight excluding hydrogens is 357 g/mol. The van der Waals surface area contributed by atoms with E-state index in [0.29, 0.717) is 10.7 Å². The van der Waals surface area contributed by atoms with Gasteiger partial charge in [0.05, 0.1) is 10.6 Å². The molecule has 1 amide bonds. The summed E-state index contributed by atoms with van der Waals surface area (Å²) in [6.45, 7) is -0.412. The molecule has 0 heterocycles. The highest BCUT2D eigenvalue weighted by atomic mass is 35.5. The molecule has 0 unspecified atom stereocenters. The Hall–Kier alpha value is -1.69. The minimum Gasteiger partial charge on any atom is -0.452 e. The van der Waals surface area contributed by atoms with E-state index in [1.54, 1.807) is 23.9 Å². The fourth-order valence-electron chi connectivity index (χ4n) is 1.76. The molecule has 0 aromatic heterocycles. The summed E-state index contributed by atoms with van der Waals surface area (Å²) in [5, 5.41) is 3.24. The minimum absolute atomic E-state index is 0.122. The third kappa shape index (κ3) is 5.16. The summed E-state index contributed by atoms with van der Waals surface area (Å²) in [7, 11) is 0. The Balaban J connectivity index is 1.93. The average Bonchev–Trinajstić information content (AvgIpc) is 2.55. The van der Waals surface area contributed by atoms with Crippen LogP contribution in [0.5, 0.6) is 0 Å². The molecule has 4 nitrogen and oxygen atoms in total. The Morgan fingerprint density at radius 1 is 1.17 bits per heavy atom. The lowest BCUT2D eigenvalue weighted by Gasteiger charge is -2.08. The SMILES string of the molecule is CSc1cccc(NC(=O)COC(=O)c2cc(Cl)ccc2Cl)c1. The van der Waals surface area contributed by atoms with Crippen molar-refractivity contribution < 1.29 is 14.3 Å². The molecule has 0 aliphatic rings. The predicted octanol–water partition coefficient (Wildman–Crippen LogP) is 4.51. The number of benzene rings is 2. The van der Waals surface area contributed by atoms with Gasteiger partial charge in [0.25, 0.3) is 5.91 Å². The highest BCUT2D eigenvalue weighted by Crippen LogP contribution is 2.21. The molecule has 0 atom stereocenters. The molecule has 0 saturated carbocycles. The monoisotopic (exact) mass is 369 g/mol. The number of carbonyl (C=O) groups excluding carboxylic acids is 2. The van der Waals surface area contributed by atoms with Crippen molar-refractivity contribution in [3.05, 3.63) is 58.1 Å². The van der Waals surface area contributed by atoms with Crippen molar-refractivity contribution in [1.29, 1.82) is 0 Å². The van der Waals surface area contributed by atoms with Gasteiger partial charge in [-0.25, -0.2) is 4.79 Å². The highest BCUT2D eigenvalue weighted by Gasteiger charge is 2.14. The van der Waals surface area contributed by atoms with Crippen LogP contribution in [0.2, 0.25) is 10.0 Å². The molecule has 2 aromatic rings. The fourth-order valence-corrected chi connectivity index (χ4v) is 2.59. The Kier molecular flexibility index (Phi) is 6.33. The van der Waals surface area contributed by atoms with Crippen LogP contribution in [0.3, 0.4) is 0 Å². The first-order valence-electron chi connectivity index (χ1n) is 6.55. The maximum absolute atomic E-state index is 11.9. The minimum atomic E-state index is -0.703. The number of esters is 1. The van der Waals surface area contributed by atoms with Gasteiger partial charge in [0.2, 0.25) is 0 Å². The standard InChI is InChI=1S/C16H13Cl2NO3S/c1-23-12-4-2-3-11(8-12)19-15(20)9-22-16(21)13-7-10(17)5-6-14(13)18/h2-8H,9H2,1H3,(H,19,20). The number of halogens is 2. The molecule has 2 rings (SSSR count). The Bertz CT molecular complexity index is 737. The van der Waals surface area contributed by atoms with Gasteiger partial charge < -0.3 is 10.1 Å². The van der Waals surface area contributed by atoms with E-state index >= 15 is 0 Å². The number of anilines is 1. The van der Waals surface area contributed by atoms with Crippen molar-refractivity contribution in [3.63, 3.8) is 0 Å². The van der Waals surface area contributed by atoms with Crippen LogP contribution in [0.15, 0.2) is 47.4 Å². The number of hydrogen-bond donors (Lipinski definition) is 1. The van der Waals surface area contributed by atoms with Crippen LogP contribution in [0, 0.1) is 0 Å². The molecule has 0 radical (unpaired) electrons. The van der Waals surface area contributed by atoms with Crippen LogP contribution in [0.1, 0.15) is 10.4 Å². The normalized spacial score (nSPS) is 10.2. The van der Waals surface area contributed by atoms with Crippen LogP contribution in [-0.2, 0) is 9.53 Å². The summed E-state index contributed by atoms with van der Waals surface area (Å²) in [5.74, 6) is -1.14. The van der Waals surface area contributed by atoms with E-state index in [9.17, 15) is 9.59 Å². The largest absolute Gasteiger partial charge is 0.452 e. The van der Waals surface area contributed by atoms with Gasteiger partial charge in [-0.1, -0.05) is 29.3 Å². The molecule has 0 aliphatic heterocycles. The van der Waals surface area contributed by atoms with Crippen LogP contribution >= 0.6 is 35.0 Å². The Labute approximate surface area is 148 Å². The number of ether oxygens (including phenoxy) is 1. The van der Waals surface area contributed by atoms with Crippen molar-refractivity contribution in [1.82, 2.24) is 0 Å². The van der Waals surface area contributed by atoms with E-state index in [1.807, 2.05) is 24.5 Å². The highest BCUT2D eigenvalue weighted by molar-refractivity contribution is 7.98. The molecule has 2 aromatic carbocycles. The van der Waals surface area contributed by atoms with E-state index in [2.05, 4.69) is 5.32 Å². The van der Waals surface area contributed by atoms with Crippen molar-refractivity contribution in [2.75, 3.05) is 18.2 Å². The Morgan fingerprint density at radius 3 is 2.70 bits per heavy atom.